The normalized spacial score (nSPS) is 18.7. The van der Waals surface area contributed by atoms with Crippen LogP contribution < -0.4 is 10.6 Å². The Kier molecular flexibility index (Phi) is 5.99. The van der Waals surface area contributed by atoms with Crippen LogP contribution in [0.2, 0.25) is 0 Å². The Morgan fingerprint density at radius 3 is 2.81 bits per heavy atom. The number of carbonyl (C=O) groups excluding carboxylic acids is 1. The number of ether oxygens (including phenoxy) is 1. The largest absolute Gasteiger partial charge is 0.444 e. The lowest BCUT2D eigenvalue weighted by molar-refractivity contribution is 0.0492. The number of H-pyrrole nitrogens is 1. The van der Waals surface area contributed by atoms with E-state index in [1.54, 1.807) is 6.20 Å². The number of amides is 1. The third-order valence-electron chi connectivity index (χ3n) is 5.48. The second kappa shape index (κ2) is 8.87. The van der Waals surface area contributed by atoms with Crippen molar-refractivity contribution in [2.24, 2.45) is 0 Å². The number of hydrogen-bond donors (Lipinski definition) is 3. The molecule has 3 aromatic rings. The number of carbonyl (C=O) groups is 1. The Bertz CT molecular complexity index is 1160. The Hall–Kier alpha value is -3.60. The predicted octanol–water partition coefficient (Wildman–Crippen LogP) is 4.74. The Morgan fingerprint density at radius 2 is 2.03 bits per heavy atom. The van der Waals surface area contributed by atoms with Gasteiger partial charge in [0.1, 0.15) is 11.7 Å². The summed E-state index contributed by atoms with van der Waals surface area (Å²) < 4.78 is 5.38. The van der Waals surface area contributed by atoms with Gasteiger partial charge in [0.25, 0.3) is 0 Å². The van der Waals surface area contributed by atoms with E-state index >= 15 is 0 Å². The summed E-state index contributed by atoms with van der Waals surface area (Å²) in [7, 11) is 0. The number of nitrogens with zero attached hydrogens (tertiary/aromatic N) is 3. The van der Waals surface area contributed by atoms with Gasteiger partial charge in [-0.3, -0.25) is 0 Å². The van der Waals surface area contributed by atoms with Crippen molar-refractivity contribution in [1.29, 1.82) is 5.26 Å². The first-order chi connectivity index (χ1) is 15.3. The van der Waals surface area contributed by atoms with Gasteiger partial charge in [-0.1, -0.05) is 18.2 Å². The molecular weight excluding hydrogens is 404 g/mol. The molecule has 0 bridgehead atoms. The van der Waals surface area contributed by atoms with Crippen LogP contribution >= 0.6 is 0 Å². The zero-order valence-corrected chi connectivity index (χ0v) is 18.6. The molecule has 1 saturated carbocycles. The molecule has 1 fully saturated rings. The van der Waals surface area contributed by atoms with E-state index in [1.165, 1.54) is 0 Å². The molecule has 1 amide bonds. The maximum absolute atomic E-state index is 12.1. The average molecular weight is 433 g/mol. The van der Waals surface area contributed by atoms with Gasteiger partial charge in [0, 0.05) is 34.7 Å². The molecule has 3 N–H and O–H groups in total. The molecule has 2 atom stereocenters. The first-order valence-corrected chi connectivity index (χ1v) is 10.9. The molecule has 8 heteroatoms. The number of aromatic amines is 1. The van der Waals surface area contributed by atoms with Gasteiger partial charge in [-0.2, -0.15) is 5.26 Å². The standard InChI is InChI=1S/C24H28N6O2/c1-24(2,3)32-23(31)29-17-8-6-7-16(11-17)28-22-27-13-15(12-25)21(30-22)19-14-26-20-10-5-4-9-18(19)20/h4-5,9-10,13-14,16-17,26H,6-8,11H2,1-3H3,(H,29,31)(H,27,28,30)/t16-,17+/m1/s1. The van der Waals surface area contributed by atoms with Gasteiger partial charge in [-0.15, -0.1) is 0 Å². The van der Waals surface area contributed by atoms with Crippen LogP contribution in [0.5, 0.6) is 0 Å². The smallest absolute Gasteiger partial charge is 0.407 e. The van der Waals surface area contributed by atoms with Crippen LogP contribution in [0.3, 0.4) is 0 Å². The molecule has 0 unspecified atom stereocenters. The molecule has 1 aromatic carbocycles. The van der Waals surface area contributed by atoms with Gasteiger partial charge in [-0.05, 0) is 52.5 Å². The number of rotatable bonds is 4. The van der Waals surface area contributed by atoms with Crippen LogP contribution in [0.1, 0.15) is 52.0 Å². The maximum Gasteiger partial charge on any atom is 0.407 e. The molecule has 2 heterocycles. The lowest BCUT2D eigenvalue weighted by Gasteiger charge is -2.31. The van der Waals surface area contributed by atoms with E-state index in [0.717, 1.165) is 42.1 Å². The van der Waals surface area contributed by atoms with Crippen molar-refractivity contribution in [3.63, 3.8) is 0 Å². The van der Waals surface area contributed by atoms with Gasteiger partial charge >= 0.3 is 6.09 Å². The summed E-state index contributed by atoms with van der Waals surface area (Å²) in [4.78, 5) is 24.4. The van der Waals surface area contributed by atoms with Crippen LogP contribution in [0, 0.1) is 11.3 Å². The number of nitrogens with one attached hydrogen (secondary N) is 3. The van der Waals surface area contributed by atoms with Crippen LogP contribution in [-0.2, 0) is 4.74 Å². The summed E-state index contributed by atoms with van der Waals surface area (Å²) in [6, 6.07) is 10.3. The molecule has 166 valence electrons. The highest BCUT2D eigenvalue weighted by Crippen LogP contribution is 2.30. The van der Waals surface area contributed by atoms with Gasteiger partial charge < -0.3 is 20.4 Å². The van der Waals surface area contributed by atoms with Crippen molar-refractivity contribution in [1.82, 2.24) is 20.3 Å². The molecule has 0 spiro atoms. The average Bonchev–Trinajstić information content (AvgIpc) is 3.16. The summed E-state index contributed by atoms with van der Waals surface area (Å²) in [5.74, 6) is 0.479. The zero-order valence-electron chi connectivity index (χ0n) is 18.6. The quantitative estimate of drug-likeness (QED) is 0.548. The van der Waals surface area contributed by atoms with E-state index in [2.05, 4.69) is 31.7 Å². The number of anilines is 1. The SMILES string of the molecule is CC(C)(C)OC(=O)N[C@H]1CCC[C@@H](Nc2ncc(C#N)c(-c3c[nH]c4ccccc34)n2)C1. The number of benzene rings is 1. The number of alkyl carbamates (subject to hydrolysis) is 1. The summed E-state index contributed by atoms with van der Waals surface area (Å²) in [6.07, 6.45) is 6.64. The number of nitriles is 1. The van der Waals surface area contributed by atoms with Gasteiger partial charge in [0.2, 0.25) is 5.95 Å². The van der Waals surface area contributed by atoms with Gasteiger partial charge in [-0.25, -0.2) is 14.8 Å². The van der Waals surface area contributed by atoms with Crippen molar-refractivity contribution in [2.45, 2.75) is 64.1 Å². The minimum atomic E-state index is -0.522. The first-order valence-electron chi connectivity index (χ1n) is 10.9. The van der Waals surface area contributed by atoms with E-state index in [0.29, 0.717) is 17.2 Å². The highest BCUT2D eigenvalue weighted by atomic mass is 16.6. The van der Waals surface area contributed by atoms with Crippen molar-refractivity contribution in [2.75, 3.05) is 5.32 Å². The number of fused-ring (bicyclic) bond motifs is 1. The minimum absolute atomic E-state index is 0.0302. The molecule has 4 rings (SSSR count). The third kappa shape index (κ3) is 4.99. The Morgan fingerprint density at radius 1 is 1.25 bits per heavy atom. The molecule has 0 saturated heterocycles. The monoisotopic (exact) mass is 432 g/mol. The van der Waals surface area contributed by atoms with E-state index in [-0.39, 0.29) is 18.2 Å². The van der Waals surface area contributed by atoms with Crippen LogP contribution in [-0.4, -0.2) is 38.7 Å². The van der Waals surface area contributed by atoms with Crippen molar-refractivity contribution in [3.05, 3.63) is 42.2 Å². The fourth-order valence-corrected chi connectivity index (χ4v) is 4.11. The summed E-state index contributed by atoms with van der Waals surface area (Å²) in [5.41, 5.74) is 2.36. The van der Waals surface area contributed by atoms with Gasteiger partial charge in [0.15, 0.2) is 0 Å². The van der Waals surface area contributed by atoms with E-state index in [9.17, 15) is 10.1 Å². The molecule has 1 aliphatic carbocycles. The predicted molar refractivity (Wildman–Crippen MR) is 123 cm³/mol. The molecular formula is C24H28N6O2. The number of aromatic nitrogens is 3. The molecule has 1 aliphatic rings. The molecule has 8 nitrogen and oxygen atoms in total. The van der Waals surface area contributed by atoms with Crippen molar-refractivity contribution >= 4 is 22.9 Å². The van der Waals surface area contributed by atoms with Crippen LogP contribution in [0.4, 0.5) is 10.7 Å². The van der Waals surface area contributed by atoms with Crippen molar-refractivity contribution < 1.29 is 9.53 Å². The Labute approximate surface area is 187 Å². The topological polar surface area (TPSA) is 116 Å². The van der Waals surface area contributed by atoms with Gasteiger partial charge in [0.05, 0.1) is 17.5 Å². The number of hydrogen-bond acceptors (Lipinski definition) is 6. The second-order valence-electron chi connectivity index (χ2n) is 9.17. The lowest BCUT2D eigenvalue weighted by Crippen LogP contribution is -2.44. The summed E-state index contributed by atoms with van der Waals surface area (Å²) in [6.45, 7) is 5.56. The lowest BCUT2D eigenvalue weighted by atomic mass is 9.91. The second-order valence-corrected chi connectivity index (χ2v) is 9.17. The fraction of sp³-hybridized carbons (Fsp3) is 0.417. The Balaban J connectivity index is 1.49. The molecule has 0 radical (unpaired) electrons. The summed E-state index contributed by atoms with van der Waals surface area (Å²) >= 11 is 0. The molecule has 0 aliphatic heterocycles. The molecule has 32 heavy (non-hydrogen) atoms. The van der Waals surface area contributed by atoms with Crippen LogP contribution in [0.15, 0.2) is 36.7 Å². The van der Waals surface area contributed by atoms with E-state index in [1.807, 2.05) is 51.2 Å². The highest BCUT2D eigenvalue weighted by Gasteiger charge is 2.26. The number of para-hydroxylation sites is 1. The third-order valence-corrected chi connectivity index (χ3v) is 5.48. The maximum atomic E-state index is 12.1. The fourth-order valence-electron chi connectivity index (χ4n) is 4.11. The summed E-state index contributed by atoms with van der Waals surface area (Å²) in [5, 5.41) is 17.0. The minimum Gasteiger partial charge on any atom is -0.444 e. The van der Waals surface area contributed by atoms with Crippen LogP contribution in [0.25, 0.3) is 22.2 Å². The zero-order chi connectivity index (χ0) is 22.7. The van der Waals surface area contributed by atoms with E-state index in [4.69, 9.17) is 4.74 Å². The first kappa shape index (κ1) is 21.6. The molecule has 2 aromatic heterocycles. The highest BCUT2D eigenvalue weighted by molar-refractivity contribution is 5.95. The van der Waals surface area contributed by atoms with Crippen molar-refractivity contribution in [3.8, 4) is 17.3 Å². The van der Waals surface area contributed by atoms with E-state index < -0.39 is 5.60 Å².